The Balaban J connectivity index is 2.03. The summed E-state index contributed by atoms with van der Waals surface area (Å²) in [4.78, 5) is 0. The first-order chi connectivity index (χ1) is 9.13. The lowest BCUT2D eigenvalue weighted by Gasteiger charge is -2.23. The maximum absolute atomic E-state index is 13.7. The van der Waals surface area contributed by atoms with Gasteiger partial charge in [0.2, 0.25) is 0 Å². The van der Waals surface area contributed by atoms with Crippen LogP contribution in [0.2, 0.25) is 0 Å². The summed E-state index contributed by atoms with van der Waals surface area (Å²) in [5.74, 6) is -0.0222. The number of halogens is 1. The van der Waals surface area contributed by atoms with E-state index in [4.69, 9.17) is 9.47 Å². The van der Waals surface area contributed by atoms with E-state index in [0.717, 1.165) is 24.8 Å². The fraction of sp³-hybridized carbons (Fsp3) is 0.600. The van der Waals surface area contributed by atoms with Gasteiger partial charge < -0.3 is 14.8 Å². The predicted molar refractivity (Wildman–Crippen MR) is 73.1 cm³/mol. The van der Waals surface area contributed by atoms with Crippen molar-refractivity contribution in [2.45, 2.75) is 44.4 Å². The zero-order chi connectivity index (χ0) is 13.8. The second kappa shape index (κ2) is 6.35. The van der Waals surface area contributed by atoms with E-state index < -0.39 is 0 Å². The number of likely N-dealkylation sites (N-methyl/N-ethyl adjacent to an activating group) is 1. The van der Waals surface area contributed by atoms with Gasteiger partial charge in [0.25, 0.3) is 0 Å². The number of hydrogen-bond acceptors (Lipinski definition) is 3. The molecule has 106 valence electrons. The molecule has 1 aliphatic heterocycles. The van der Waals surface area contributed by atoms with Gasteiger partial charge in [-0.2, -0.15) is 0 Å². The van der Waals surface area contributed by atoms with Crippen LogP contribution in [0.4, 0.5) is 4.39 Å². The van der Waals surface area contributed by atoms with Crippen LogP contribution < -0.4 is 10.1 Å². The summed E-state index contributed by atoms with van der Waals surface area (Å²) in [5.41, 5.74) is 0.959. The third-order valence-electron chi connectivity index (χ3n) is 3.76. The van der Waals surface area contributed by atoms with Gasteiger partial charge >= 0.3 is 0 Å². The fourth-order valence-corrected chi connectivity index (χ4v) is 2.64. The standard InChI is InChI=1S/C15H22FNO2/c1-10-4-6-15(19-10)13(17-2)9-11-5-7-14(18-3)12(16)8-11/h5,7-8,10,13,15,17H,4,6,9H2,1-3H3. The lowest BCUT2D eigenvalue weighted by molar-refractivity contribution is 0.0337. The van der Waals surface area contributed by atoms with Crippen molar-refractivity contribution in [3.8, 4) is 5.75 Å². The second-order valence-corrected chi connectivity index (χ2v) is 5.13. The third-order valence-corrected chi connectivity index (χ3v) is 3.76. The molecule has 3 atom stereocenters. The van der Waals surface area contributed by atoms with Crippen LogP contribution in [0, 0.1) is 5.82 Å². The monoisotopic (exact) mass is 267 g/mol. The molecule has 2 rings (SSSR count). The fourth-order valence-electron chi connectivity index (χ4n) is 2.64. The largest absolute Gasteiger partial charge is 0.494 e. The zero-order valence-electron chi connectivity index (χ0n) is 11.8. The number of methoxy groups -OCH3 is 1. The van der Waals surface area contributed by atoms with Crippen LogP contribution in [0.3, 0.4) is 0 Å². The Morgan fingerprint density at radius 1 is 1.47 bits per heavy atom. The Bertz CT molecular complexity index is 425. The van der Waals surface area contributed by atoms with Crippen LogP contribution in [-0.2, 0) is 11.2 Å². The van der Waals surface area contributed by atoms with Crippen LogP contribution in [0.15, 0.2) is 18.2 Å². The Kier molecular flexibility index (Phi) is 4.77. The highest BCUT2D eigenvalue weighted by Gasteiger charge is 2.28. The van der Waals surface area contributed by atoms with Crippen molar-refractivity contribution < 1.29 is 13.9 Å². The first-order valence-electron chi connectivity index (χ1n) is 6.79. The van der Waals surface area contributed by atoms with E-state index in [2.05, 4.69) is 12.2 Å². The molecule has 0 spiro atoms. The quantitative estimate of drug-likeness (QED) is 0.889. The van der Waals surface area contributed by atoms with E-state index >= 15 is 0 Å². The molecule has 0 aliphatic carbocycles. The lowest BCUT2D eigenvalue weighted by atomic mass is 9.99. The van der Waals surface area contributed by atoms with E-state index in [1.807, 2.05) is 13.1 Å². The molecule has 0 aromatic heterocycles. The summed E-state index contributed by atoms with van der Waals surface area (Å²) in [7, 11) is 3.40. The van der Waals surface area contributed by atoms with Gasteiger partial charge in [0.05, 0.1) is 19.3 Å². The first-order valence-corrected chi connectivity index (χ1v) is 6.79. The molecule has 1 heterocycles. The molecule has 1 fully saturated rings. The molecule has 0 radical (unpaired) electrons. The zero-order valence-corrected chi connectivity index (χ0v) is 11.8. The Labute approximate surface area is 114 Å². The van der Waals surface area contributed by atoms with Crippen molar-refractivity contribution in [1.82, 2.24) is 5.32 Å². The Morgan fingerprint density at radius 2 is 2.26 bits per heavy atom. The van der Waals surface area contributed by atoms with Crippen molar-refractivity contribution in [3.63, 3.8) is 0 Å². The van der Waals surface area contributed by atoms with Crippen molar-refractivity contribution in [2.75, 3.05) is 14.2 Å². The van der Waals surface area contributed by atoms with E-state index in [1.165, 1.54) is 7.11 Å². The summed E-state index contributed by atoms with van der Waals surface area (Å²) in [6.45, 7) is 2.10. The molecule has 1 N–H and O–H groups in total. The van der Waals surface area contributed by atoms with Crippen LogP contribution in [0.5, 0.6) is 5.75 Å². The molecule has 1 aliphatic rings. The van der Waals surface area contributed by atoms with E-state index in [0.29, 0.717) is 6.10 Å². The molecule has 1 aromatic rings. The van der Waals surface area contributed by atoms with Crippen molar-refractivity contribution in [1.29, 1.82) is 0 Å². The smallest absolute Gasteiger partial charge is 0.165 e. The van der Waals surface area contributed by atoms with Crippen molar-refractivity contribution in [2.24, 2.45) is 0 Å². The number of benzene rings is 1. The van der Waals surface area contributed by atoms with Gasteiger partial charge in [0.15, 0.2) is 11.6 Å². The highest BCUT2D eigenvalue weighted by molar-refractivity contribution is 5.29. The van der Waals surface area contributed by atoms with E-state index in [9.17, 15) is 4.39 Å². The highest BCUT2D eigenvalue weighted by atomic mass is 19.1. The summed E-state index contributed by atoms with van der Waals surface area (Å²) in [6, 6.07) is 5.35. The molecule has 1 aromatic carbocycles. The normalized spacial score (nSPS) is 24.4. The molecule has 0 saturated carbocycles. The molecule has 0 amide bonds. The summed E-state index contributed by atoms with van der Waals surface area (Å²) < 4.78 is 24.5. The van der Waals surface area contributed by atoms with Crippen LogP contribution in [0.1, 0.15) is 25.3 Å². The summed E-state index contributed by atoms with van der Waals surface area (Å²) in [6.07, 6.45) is 3.46. The van der Waals surface area contributed by atoms with E-state index in [1.54, 1.807) is 12.1 Å². The van der Waals surface area contributed by atoms with Crippen molar-refractivity contribution >= 4 is 0 Å². The molecule has 4 heteroatoms. The molecular formula is C15H22FNO2. The topological polar surface area (TPSA) is 30.5 Å². The predicted octanol–water partition coefficient (Wildman–Crippen LogP) is 2.53. The van der Waals surface area contributed by atoms with Crippen LogP contribution in [-0.4, -0.2) is 32.4 Å². The number of hydrogen-bond donors (Lipinski definition) is 1. The average molecular weight is 267 g/mol. The maximum Gasteiger partial charge on any atom is 0.165 e. The Morgan fingerprint density at radius 3 is 2.79 bits per heavy atom. The van der Waals surface area contributed by atoms with Gasteiger partial charge in [0, 0.05) is 6.04 Å². The van der Waals surface area contributed by atoms with Gasteiger partial charge in [-0.25, -0.2) is 4.39 Å². The van der Waals surface area contributed by atoms with Gasteiger partial charge in [-0.15, -0.1) is 0 Å². The summed E-state index contributed by atoms with van der Waals surface area (Å²) >= 11 is 0. The van der Waals surface area contributed by atoms with Gasteiger partial charge in [-0.3, -0.25) is 0 Å². The number of ether oxygens (including phenoxy) is 2. The van der Waals surface area contributed by atoms with Crippen LogP contribution >= 0.6 is 0 Å². The SMILES string of the molecule is CNC(Cc1ccc(OC)c(F)c1)C1CCC(C)O1. The highest BCUT2D eigenvalue weighted by Crippen LogP contribution is 2.25. The summed E-state index contributed by atoms with van der Waals surface area (Å²) in [5, 5.41) is 3.28. The molecule has 3 unspecified atom stereocenters. The average Bonchev–Trinajstić information content (AvgIpc) is 2.82. The third kappa shape index (κ3) is 3.45. The van der Waals surface area contributed by atoms with Crippen molar-refractivity contribution in [3.05, 3.63) is 29.6 Å². The molecule has 3 nitrogen and oxygen atoms in total. The number of nitrogens with one attached hydrogen (secondary N) is 1. The van der Waals surface area contributed by atoms with Gasteiger partial charge in [-0.1, -0.05) is 6.07 Å². The Hall–Kier alpha value is -1.13. The molecule has 0 bridgehead atoms. The minimum absolute atomic E-state index is 0.213. The van der Waals surface area contributed by atoms with Gasteiger partial charge in [-0.05, 0) is 50.9 Å². The number of rotatable bonds is 5. The molecule has 19 heavy (non-hydrogen) atoms. The molecule has 1 saturated heterocycles. The van der Waals surface area contributed by atoms with Gasteiger partial charge in [0.1, 0.15) is 0 Å². The maximum atomic E-state index is 13.7. The molecular weight excluding hydrogens is 245 g/mol. The second-order valence-electron chi connectivity index (χ2n) is 5.13. The minimum atomic E-state index is -0.310. The minimum Gasteiger partial charge on any atom is -0.494 e. The first kappa shape index (κ1) is 14.3. The lowest BCUT2D eigenvalue weighted by Crippen LogP contribution is -2.39. The van der Waals surface area contributed by atoms with Crippen LogP contribution in [0.25, 0.3) is 0 Å². The van der Waals surface area contributed by atoms with E-state index in [-0.39, 0.29) is 23.7 Å².